The van der Waals surface area contributed by atoms with E-state index in [2.05, 4.69) is 19.2 Å². The number of carbonyl (C=O) groups excluding carboxylic acids is 1. The molecule has 1 saturated carbocycles. The number of rotatable bonds is 8. The molecule has 1 fully saturated rings. The van der Waals surface area contributed by atoms with Gasteiger partial charge in [-0.25, -0.2) is 0 Å². The zero-order valence-corrected chi connectivity index (χ0v) is 12.0. The van der Waals surface area contributed by atoms with Gasteiger partial charge in [0.1, 0.15) is 0 Å². The van der Waals surface area contributed by atoms with Gasteiger partial charge in [0.2, 0.25) is 5.91 Å². The molecule has 5 heteroatoms. The summed E-state index contributed by atoms with van der Waals surface area (Å²) in [5.41, 5.74) is 0. The van der Waals surface area contributed by atoms with Gasteiger partial charge in [-0.3, -0.25) is 9.59 Å². The van der Waals surface area contributed by atoms with Crippen LogP contribution in [-0.2, 0) is 9.59 Å². The first-order valence-electron chi connectivity index (χ1n) is 6.60. The summed E-state index contributed by atoms with van der Waals surface area (Å²) in [6, 6.07) is 0. The van der Waals surface area contributed by atoms with Crippen LogP contribution in [0.3, 0.4) is 0 Å². The van der Waals surface area contributed by atoms with Crippen molar-refractivity contribution in [2.75, 3.05) is 18.1 Å². The monoisotopic (exact) mass is 273 g/mol. The van der Waals surface area contributed by atoms with Crippen molar-refractivity contribution < 1.29 is 14.7 Å². The fourth-order valence-corrected chi connectivity index (χ4v) is 2.93. The smallest absolute Gasteiger partial charge is 0.307 e. The number of carbonyl (C=O) groups is 2. The maximum absolute atomic E-state index is 11.7. The number of hydrogen-bond acceptors (Lipinski definition) is 3. The van der Waals surface area contributed by atoms with Gasteiger partial charge in [0.15, 0.2) is 0 Å². The Kier molecular flexibility index (Phi) is 6.54. The lowest BCUT2D eigenvalue weighted by atomic mass is 9.73. The third-order valence-corrected chi connectivity index (χ3v) is 4.62. The highest BCUT2D eigenvalue weighted by atomic mass is 32.2. The van der Waals surface area contributed by atoms with Gasteiger partial charge in [-0.15, -0.1) is 0 Å². The van der Waals surface area contributed by atoms with Crippen molar-refractivity contribution in [3.63, 3.8) is 0 Å². The highest BCUT2D eigenvalue weighted by Gasteiger charge is 2.41. The zero-order valence-electron chi connectivity index (χ0n) is 11.1. The van der Waals surface area contributed by atoms with Gasteiger partial charge in [0.05, 0.1) is 11.8 Å². The molecular formula is C13H23NO3S. The van der Waals surface area contributed by atoms with Crippen molar-refractivity contribution in [3.05, 3.63) is 0 Å². The van der Waals surface area contributed by atoms with Crippen LogP contribution < -0.4 is 5.32 Å². The van der Waals surface area contributed by atoms with E-state index in [0.717, 1.165) is 17.9 Å². The predicted molar refractivity (Wildman–Crippen MR) is 73.6 cm³/mol. The molecule has 0 heterocycles. The summed E-state index contributed by atoms with van der Waals surface area (Å²) >= 11 is 1.90. The molecule has 104 valence electrons. The summed E-state index contributed by atoms with van der Waals surface area (Å²) in [6.07, 6.45) is 2.30. The Bertz CT molecular complexity index is 294. The van der Waals surface area contributed by atoms with Gasteiger partial charge in [-0.05, 0) is 36.7 Å². The standard InChI is InChI=1S/C13H23NO3S/c1-9(2)8-18-7-3-6-14-12(15)10-4-5-11(10)13(16)17/h9-11H,3-8H2,1-2H3,(H,14,15)(H,16,17). The highest BCUT2D eigenvalue weighted by Crippen LogP contribution is 2.34. The summed E-state index contributed by atoms with van der Waals surface area (Å²) in [7, 11) is 0. The normalized spacial score (nSPS) is 22.6. The molecule has 0 aliphatic heterocycles. The van der Waals surface area contributed by atoms with Gasteiger partial charge in [-0.1, -0.05) is 13.8 Å². The number of carboxylic acid groups (broad SMARTS) is 1. The van der Waals surface area contributed by atoms with Gasteiger partial charge in [0, 0.05) is 6.54 Å². The van der Waals surface area contributed by atoms with Crippen LogP contribution in [0, 0.1) is 17.8 Å². The first-order valence-corrected chi connectivity index (χ1v) is 7.76. The zero-order chi connectivity index (χ0) is 13.5. The molecule has 1 aliphatic rings. The maximum atomic E-state index is 11.7. The third-order valence-electron chi connectivity index (χ3n) is 3.14. The predicted octanol–water partition coefficient (Wildman–Crippen LogP) is 1.99. The summed E-state index contributed by atoms with van der Waals surface area (Å²) in [4.78, 5) is 22.5. The summed E-state index contributed by atoms with van der Waals surface area (Å²) < 4.78 is 0. The third kappa shape index (κ3) is 4.88. The minimum atomic E-state index is -0.839. The van der Waals surface area contributed by atoms with Crippen molar-refractivity contribution >= 4 is 23.6 Å². The van der Waals surface area contributed by atoms with Crippen LogP contribution >= 0.6 is 11.8 Å². The minimum Gasteiger partial charge on any atom is -0.481 e. The Morgan fingerprint density at radius 3 is 2.50 bits per heavy atom. The van der Waals surface area contributed by atoms with E-state index in [1.54, 1.807) is 0 Å². The number of carboxylic acids is 1. The Balaban J connectivity index is 2.05. The minimum absolute atomic E-state index is 0.0810. The molecule has 0 saturated heterocycles. The van der Waals surface area contributed by atoms with Gasteiger partial charge in [0.25, 0.3) is 0 Å². The van der Waals surface area contributed by atoms with E-state index in [-0.39, 0.29) is 11.8 Å². The van der Waals surface area contributed by atoms with Crippen LogP contribution in [0.1, 0.15) is 33.1 Å². The molecule has 1 amide bonds. The molecule has 0 aromatic heterocycles. The highest BCUT2D eigenvalue weighted by molar-refractivity contribution is 7.99. The van der Waals surface area contributed by atoms with Crippen molar-refractivity contribution in [1.29, 1.82) is 0 Å². The molecule has 0 bridgehead atoms. The second-order valence-corrected chi connectivity index (χ2v) is 6.39. The summed E-state index contributed by atoms with van der Waals surface area (Å²) in [5.74, 6) is 1.22. The van der Waals surface area contributed by atoms with Crippen LogP contribution in [0.5, 0.6) is 0 Å². The Labute approximate surface area is 113 Å². The first kappa shape index (κ1) is 15.3. The van der Waals surface area contributed by atoms with E-state index < -0.39 is 11.9 Å². The lowest BCUT2D eigenvalue weighted by molar-refractivity contribution is -0.152. The second-order valence-electron chi connectivity index (χ2n) is 5.24. The molecular weight excluding hydrogens is 250 g/mol. The van der Waals surface area contributed by atoms with E-state index in [1.165, 1.54) is 0 Å². The fourth-order valence-electron chi connectivity index (χ4n) is 1.95. The molecule has 0 aromatic carbocycles. The molecule has 0 aromatic rings. The lowest BCUT2D eigenvalue weighted by Gasteiger charge is -2.31. The maximum Gasteiger partial charge on any atom is 0.307 e. The SMILES string of the molecule is CC(C)CSCCCNC(=O)C1CCC1C(=O)O. The molecule has 1 aliphatic carbocycles. The molecule has 0 spiro atoms. The average Bonchev–Trinajstić information content (AvgIpc) is 2.20. The van der Waals surface area contributed by atoms with Crippen LogP contribution in [0.2, 0.25) is 0 Å². The van der Waals surface area contributed by atoms with E-state index in [1.807, 2.05) is 11.8 Å². The van der Waals surface area contributed by atoms with Crippen molar-refractivity contribution in [1.82, 2.24) is 5.32 Å². The quantitative estimate of drug-likeness (QED) is 0.664. The molecule has 2 N–H and O–H groups in total. The lowest BCUT2D eigenvalue weighted by Crippen LogP contribution is -2.44. The summed E-state index contributed by atoms with van der Waals surface area (Å²) in [5, 5.41) is 11.7. The van der Waals surface area contributed by atoms with Crippen molar-refractivity contribution in [2.45, 2.75) is 33.1 Å². The van der Waals surface area contributed by atoms with Crippen molar-refractivity contribution in [2.24, 2.45) is 17.8 Å². The molecule has 0 radical (unpaired) electrons. The molecule has 18 heavy (non-hydrogen) atoms. The Morgan fingerprint density at radius 2 is 2.00 bits per heavy atom. The number of nitrogens with one attached hydrogen (secondary N) is 1. The molecule has 2 atom stereocenters. The molecule has 2 unspecified atom stereocenters. The Hall–Kier alpha value is -0.710. The number of thioether (sulfide) groups is 1. The van der Waals surface area contributed by atoms with Crippen LogP contribution in [0.15, 0.2) is 0 Å². The molecule has 1 rings (SSSR count). The summed E-state index contributed by atoms with van der Waals surface area (Å²) in [6.45, 7) is 5.04. The van der Waals surface area contributed by atoms with Gasteiger partial charge >= 0.3 is 5.97 Å². The number of aliphatic carboxylic acids is 1. The first-order chi connectivity index (χ1) is 8.52. The van der Waals surface area contributed by atoms with Crippen LogP contribution in [-0.4, -0.2) is 35.0 Å². The number of hydrogen-bond donors (Lipinski definition) is 2. The van der Waals surface area contributed by atoms with Gasteiger partial charge in [-0.2, -0.15) is 11.8 Å². The Morgan fingerprint density at radius 1 is 1.33 bits per heavy atom. The average molecular weight is 273 g/mol. The van der Waals surface area contributed by atoms with E-state index in [9.17, 15) is 9.59 Å². The van der Waals surface area contributed by atoms with Crippen LogP contribution in [0.4, 0.5) is 0 Å². The van der Waals surface area contributed by atoms with E-state index >= 15 is 0 Å². The van der Waals surface area contributed by atoms with Gasteiger partial charge < -0.3 is 10.4 Å². The van der Waals surface area contributed by atoms with E-state index in [0.29, 0.717) is 25.3 Å². The van der Waals surface area contributed by atoms with Crippen molar-refractivity contribution in [3.8, 4) is 0 Å². The fraction of sp³-hybridized carbons (Fsp3) is 0.846. The van der Waals surface area contributed by atoms with E-state index in [4.69, 9.17) is 5.11 Å². The second kappa shape index (κ2) is 7.67. The molecule has 4 nitrogen and oxygen atoms in total. The van der Waals surface area contributed by atoms with Crippen LogP contribution in [0.25, 0.3) is 0 Å². The largest absolute Gasteiger partial charge is 0.481 e. The topological polar surface area (TPSA) is 66.4 Å². The number of amides is 1.